The quantitative estimate of drug-likeness (QED) is 0.603. The molecule has 5 nitrogen and oxygen atoms in total. The molecule has 9 heteroatoms. The SMILES string of the molecule is O=S(=O)(c1ccc(F)cc1)N1CCN(c2nc3ccc(Br)cc3s2)CC1. The molecular formula is C17H15BrFN3O2S2. The van der Waals surface area contributed by atoms with E-state index in [0.717, 1.165) is 19.8 Å². The third-order valence-electron chi connectivity index (χ3n) is 4.30. The highest BCUT2D eigenvalue weighted by molar-refractivity contribution is 9.10. The number of hydrogen-bond donors (Lipinski definition) is 0. The molecule has 0 spiro atoms. The average molecular weight is 456 g/mol. The zero-order valence-electron chi connectivity index (χ0n) is 13.6. The summed E-state index contributed by atoms with van der Waals surface area (Å²) < 4.78 is 42.0. The highest BCUT2D eigenvalue weighted by atomic mass is 79.9. The average Bonchev–Trinajstić information content (AvgIpc) is 3.05. The molecule has 136 valence electrons. The standard InChI is InChI=1S/C17H15BrFN3O2S2/c18-12-1-6-15-16(11-12)25-17(20-15)21-7-9-22(10-8-21)26(23,24)14-4-2-13(19)3-5-14/h1-6,11H,7-10H2. The predicted octanol–water partition coefficient (Wildman–Crippen LogP) is 3.71. The minimum absolute atomic E-state index is 0.122. The van der Waals surface area contributed by atoms with Crippen LogP contribution >= 0.6 is 27.3 Å². The van der Waals surface area contributed by atoms with Crippen molar-refractivity contribution in [3.05, 3.63) is 52.8 Å². The number of piperazine rings is 1. The monoisotopic (exact) mass is 455 g/mol. The summed E-state index contributed by atoms with van der Waals surface area (Å²) in [5.41, 5.74) is 0.939. The van der Waals surface area contributed by atoms with Gasteiger partial charge in [0.25, 0.3) is 0 Å². The fourth-order valence-electron chi connectivity index (χ4n) is 2.90. The summed E-state index contributed by atoms with van der Waals surface area (Å²) in [7, 11) is -3.60. The Morgan fingerprint density at radius 1 is 1.04 bits per heavy atom. The van der Waals surface area contributed by atoms with Crippen LogP contribution in [-0.2, 0) is 10.0 Å². The molecule has 4 rings (SSSR count). The van der Waals surface area contributed by atoms with Crippen LogP contribution in [0.4, 0.5) is 9.52 Å². The lowest BCUT2D eigenvalue weighted by atomic mass is 10.3. The molecule has 0 N–H and O–H groups in total. The van der Waals surface area contributed by atoms with Crippen molar-refractivity contribution in [1.82, 2.24) is 9.29 Å². The topological polar surface area (TPSA) is 53.5 Å². The number of nitrogens with zero attached hydrogens (tertiary/aromatic N) is 3. The van der Waals surface area contributed by atoms with E-state index in [-0.39, 0.29) is 4.90 Å². The summed E-state index contributed by atoms with van der Waals surface area (Å²) in [4.78, 5) is 6.88. The molecule has 0 bridgehead atoms. The van der Waals surface area contributed by atoms with Crippen LogP contribution in [0.5, 0.6) is 0 Å². The van der Waals surface area contributed by atoms with E-state index < -0.39 is 15.8 Å². The van der Waals surface area contributed by atoms with Crippen LogP contribution in [0.2, 0.25) is 0 Å². The van der Waals surface area contributed by atoms with Gasteiger partial charge in [-0.2, -0.15) is 4.31 Å². The second kappa shape index (κ2) is 6.88. The molecular weight excluding hydrogens is 441 g/mol. The van der Waals surface area contributed by atoms with Crippen molar-refractivity contribution in [3.8, 4) is 0 Å². The Kier molecular flexibility index (Phi) is 4.72. The first-order valence-corrected chi connectivity index (χ1v) is 11.1. The molecule has 1 saturated heterocycles. The van der Waals surface area contributed by atoms with E-state index in [2.05, 4.69) is 25.8 Å². The van der Waals surface area contributed by atoms with Crippen molar-refractivity contribution >= 4 is 52.6 Å². The second-order valence-electron chi connectivity index (χ2n) is 5.95. The maximum absolute atomic E-state index is 13.0. The number of halogens is 2. The van der Waals surface area contributed by atoms with E-state index in [1.165, 1.54) is 28.6 Å². The van der Waals surface area contributed by atoms with Crippen molar-refractivity contribution in [2.75, 3.05) is 31.1 Å². The summed E-state index contributed by atoms with van der Waals surface area (Å²) in [5, 5.41) is 0.900. The first-order chi connectivity index (χ1) is 12.4. The number of rotatable bonds is 3. The fourth-order valence-corrected chi connectivity index (χ4v) is 5.89. The van der Waals surface area contributed by atoms with E-state index in [9.17, 15) is 12.8 Å². The van der Waals surface area contributed by atoms with Crippen LogP contribution in [0, 0.1) is 5.82 Å². The highest BCUT2D eigenvalue weighted by Gasteiger charge is 2.29. The van der Waals surface area contributed by atoms with Gasteiger partial charge in [0.1, 0.15) is 5.82 Å². The van der Waals surface area contributed by atoms with Crippen LogP contribution in [0.15, 0.2) is 51.8 Å². The van der Waals surface area contributed by atoms with Crippen molar-refractivity contribution in [3.63, 3.8) is 0 Å². The van der Waals surface area contributed by atoms with Crippen molar-refractivity contribution < 1.29 is 12.8 Å². The summed E-state index contributed by atoms with van der Waals surface area (Å²) in [6.07, 6.45) is 0. The molecule has 1 aliphatic rings. The molecule has 0 radical (unpaired) electrons. The van der Waals surface area contributed by atoms with Crippen molar-refractivity contribution in [1.29, 1.82) is 0 Å². The van der Waals surface area contributed by atoms with Crippen LogP contribution in [-0.4, -0.2) is 43.9 Å². The normalized spacial score (nSPS) is 16.3. The zero-order valence-corrected chi connectivity index (χ0v) is 16.8. The Bertz CT molecular complexity index is 1050. The van der Waals surface area contributed by atoms with E-state index in [0.29, 0.717) is 26.2 Å². The van der Waals surface area contributed by atoms with Gasteiger partial charge in [0, 0.05) is 30.7 Å². The third kappa shape index (κ3) is 3.36. The van der Waals surface area contributed by atoms with Gasteiger partial charge in [-0.05, 0) is 42.5 Å². The lowest BCUT2D eigenvalue weighted by Gasteiger charge is -2.33. The number of anilines is 1. The molecule has 0 atom stereocenters. The number of sulfonamides is 1. The third-order valence-corrected chi connectivity index (χ3v) is 7.78. The van der Waals surface area contributed by atoms with Gasteiger partial charge >= 0.3 is 0 Å². The molecule has 2 aromatic carbocycles. The maximum Gasteiger partial charge on any atom is 0.243 e. The Hall–Kier alpha value is -1.55. The molecule has 0 unspecified atom stereocenters. The van der Waals surface area contributed by atoms with Gasteiger partial charge in [-0.15, -0.1) is 0 Å². The van der Waals surface area contributed by atoms with Crippen molar-refractivity contribution in [2.24, 2.45) is 0 Å². The summed E-state index contributed by atoms with van der Waals surface area (Å²) >= 11 is 5.06. The van der Waals surface area contributed by atoms with Crippen LogP contribution in [0.3, 0.4) is 0 Å². The molecule has 2 heterocycles. The summed E-state index contributed by atoms with van der Waals surface area (Å²) in [6, 6.07) is 10.9. The number of aromatic nitrogens is 1. The van der Waals surface area contributed by atoms with Gasteiger partial charge in [-0.3, -0.25) is 0 Å². The highest BCUT2D eigenvalue weighted by Crippen LogP contribution is 2.31. The fraction of sp³-hybridized carbons (Fsp3) is 0.235. The first-order valence-electron chi connectivity index (χ1n) is 8.00. The molecule has 0 amide bonds. The van der Waals surface area contributed by atoms with Gasteiger partial charge in [-0.1, -0.05) is 27.3 Å². The van der Waals surface area contributed by atoms with E-state index >= 15 is 0 Å². The van der Waals surface area contributed by atoms with Gasteiger partial charge in [0.05, 0.1) is 15.1 Å². The maximum atomic E-state index is 13.0. The smallest absolute Gasteiger partial charge is 0.243 e. The van der Waals surface area contributed by atoms with Gasteiger partial charge < -0.3 is 4.90 Å². The van der Waals surface area contributed by atoms with Gasteiger partial charge in [0.15, 0.2) is 5.13 Å². The molecule has 0 saturated carbocycles. The molecule has 3 aromatic rings. The molecule has 0 aliphatic carbocycles. The molecule has 1 aliphatic heterocycles. The molecule has 1 fully saturated rings. The van der Waals surface area contributed by atoms with Gasteiger partial charge in [0.2, 0.25) is 10.0 Å². The zero-order chi connectivity index (χ0) is 18.3. The second-order valence-corrected chi connectivity index (χ2v) is 9.82. The number of fused-ring (bicyclic) bond motifs is 1. The Labute approximate surface area is 163 Å². The summed E-state index contributed by atoms with van der Waals surface area (Å²) in [5.74, 6) is -0.448. The van der Waals surface area contributed by atoms with Crippen LogP contribution < -0.4 is 4.90 Å². The first kappa shape index (κ1) is 17.8. The van der Waals surface area contributed by atoms with Crippen molar-refractivity contribution in [2.45, 2.75) is 4.90 Å². The van der Waals surface area contributed by atoms with Crippen LogP contribution in [0.1, 0.15) is 0 Å². The minimum atomic E-state index is -3.60. The Morgan fingerprint density at radius 2 is 1.73 bits per heavy atom. The molecule has 1 aromatic heterocycles. The number of thiazole rings is 1. The Morgan fingerprint density at radius 3 is 2.42 bits per heavy atom. The molecule has 26 heavy (non-hydrogen) atoms. The number of hydrogen-bond acceptors (Lipinski definition) is 5. The minimum Gasteiger partial charge on any atom is -0.345 e. The van der Waals surface area contributed by atoms with E-state index in [1.54, 1.807) is 11.3 Å². The lowest BCUT2D eigenvalue weighted by Crippen LogP contribution is -2.48. The predicted molar refractivity (Wildman–Crippen MR) is 105 cm³/mol. The largest absolute Gasteiger partial charge is 0.345 e. The Balaban J connectivity index is 1.50. The van der Waals surface area contributed by atoms with Crippen LogP contribution in [0.25, 0.3) is 10.2 Å². The van der Waals surface area contributed by atoms with E-state index in [1.807, 2.05) is 18.2 Å². The lowest BCUT2D eigenvalue weighted by molar-refractivity contribution is 0.385. The van der Waals surface area contributed by atoms with E-state index in [4.69, 9.17) is 0 Å². The van der Waals surface area contributed by atoms with Gasteiger partial charge in [-0.25, -0.2) is 17.8 Å². The number of benzene rings is 2. The summed E-state index contributed by atoms with van der Waals surface area (Å²) in [6.45, 7) is 1.89.